The first-order chi connectivity index (χ1) is 25.4. The molecule has 0 saturated heterocycles. The molecule has 0 aliphatic rings. The van der Waals surface area contributed by atoms with E-state index < -0.39 is 34.2 Å². The van der Waals surface area contributed by atoms with Crippen molar-refractivity contribution < 1.29 is 57.0 Å². The van der Waals surface area contributed by atoms with E-state index in [1.807, 2.05) is 32.0 Å². The topological polar surface area (TPSA) is 147 Å². The molecule has 2 unspecified atom stereocenters. The van der Waals surface area contributed by atoms with Gasteiger partial charge >= 0.3 is 17.9 Å². The van der Waals surface area contributed by atoms with Crippen LogP contribution in [0.4, 0.5) is 0 Å². The normalized spacial score (nSPS) is 13.9. The van der Waals surface area contributed by atoms with Crippen molar-refractivity contribution in [3.63, 3.8) is 0 Å². The summed E-state index contributed by atoms with van der Waals surface area (Å²) in [5.74, 6) is -0.711. The van der Waals surface area contributed by atoms with Gasteiger partial charge in [0.2, 0.25) is 0 Å². The Morgan fingerprint density at radius 2 is 1.13 bits per heavy atom. The summed E-state index contributed by atoms with van der Waals surface area (Å²) >= 11 is 0. The SMILES string of the molecule is CCCCOC(=O)C(C)(CC(C)(C)C(=O)OCCSSc1ccccn1)CC(C)(CC)C(=O)OCCOCCOCCOCCOCCOCCOC. The molecule has 13 nitrogen and oxygen atoms in total. The van der Waals surface area contributed by atoms with Crippen LogP contribution < -0.4 is 0 Å². The van der Waals surface area contributed by atoms with Crippen LogP contribution in [0.5, 0.6) is 0 Å². The minimum atomic E-state index is -1.16. The number of hydrogen-bond acceptors (Lipinski definition) is 15. The van der Waals surface area contributed by atoms with Crippen LogP contribution in [0, 0.1) is 16.2 Å². The lowest BCUT2D eigenvalue weighted by molar-refractivity contribution is -0.169. The number of unbranched alkanes of at least 4 members (excludes halogenated alkanes) is 1. The van der Waals surface area contributed by atoms with Gasteiger partial charge in [-0.15, -0.1) is 0 Å². The van der Waals surface area contributed by atoms with Crippen LogP contribution in [-0.2, 0) is 57.0 Å². The van der Waals surface area contributed by atoms with Crippen molar-refractivity contribution >= 4 is 39.5 Å². The summed E-state index contributed by atoms with van der Waals surface area (Å²) in [6, 6.07) is 5.70. The van der Waals surface area contributed by atoms with E-state index in [1.165, 1.54) is 10.8 Å². The first-order valence-electron chi connectivity index (χ1n) is 18.5. The van der Waals surface area contributed by atoms with Crippen LogP contribution in [-0.4, -0.2) is 128 Å². The molecule has 0 aromatic carbocycles. The van der Waals surface area contributed by atoms with Crippen molar-refractivity contribution in [3.05, 3.63) is 24.4 Å². The maximum atomic E-state index is 13.6. The molecule has 2 atom stereocenters. The average Bonchev–Trinajstić information content (AvgIpc) is 3.14. The Balaban J connectivity index is 2.50. The van der Waals surface area contributed by atoms with E-state index in [9.17, 15) is 14.4 Å². The van der Waals surface area contributed by atoms with Crippen molar-refractivity contribution in [2.45, 2.75) is 78.7 Å². The third-order valence-electron chi connectivity index (χ3n) is 8.22. The van der Waals surface area contributed by atoms with E-state index in [2.05, 4.69) is 4.98 Å². The lowest BCUT2D eigenvalue weighted by Crippen LogP contribution is -2.44. The average molecular weight is 792 g/mol. The fourth-order valence-electron chi connectivity index (χ4n) is 5.29. The maximum Gasteiger partial charge on any atom is 0.311 e. The minimum Gasteiger partial charge on any atom is -0.465 e. The second-order valence-corrected chi connectivity index (χ2v) is 16.0. The molecule has 15 heteroatoms. The second kappa shape index (κ2) is 29.3. The van der Waals surface area contributed by atoms with Crippen molar-refractivity contribution in [2.24, 2.45) is 16.2 Å². The number of carbonyl (C=O) groups is 3. The highest BCUT2D eigenvalue weighted by Crippen LogP contribution is 2.46. The predicted molar refractivity (Wildman–Crippen MR) is 206 cm³/mol. The van der Waals surface area contributed by atoms with E-state index in [1.54, 1.807) is 51.8 Å². The van der Waals surface area contributed by atoms with Gasteiger partial charge < -0.3 is 42.6 Å². The molecular weight excluding hydrogens is 727 g/mol. The lowest BCUT2D eigenvalue weighted by Gasteiger charge is -2.39. The van der Waals surface area contributed by atoms with Crippen LogP contribution in [0.3, 0.4) is 0 Å². The molecular formula is C38H65NO12S2. The first-order valence-corrected chi connectivity index (χ1v) is 20.9. The number of pyridine rings is 1. The van der Waals surface area contributed by atoms with Crippen LogP contribution in [0.2, 0.25) is 0 Å². The zero-order valence-electron chi connectivity index (χ0n) is 33.1. The van der Waals surface area contributed by atoms with E-state index in [4.69, 9.17) is 42.6 Å². The van der Waals surface area contributed by atoms with E-state index in [-0.39, 0.29) is 39.3 Å². The third-order valence-corrected chi connectivity index (χ3v) is 10.5. The van der Waals surface area contributed by atoms with Gasteiger partial charge in [-0.25, -0.2) is 4.98 Å². The number of methoxy groups -OCH3 is 1. The summed E-state index contributed by atoms with van der Waals surface area (Å²) in [5.41, 5.74) is -3.19. The van der Waals surface area contributed by atoms with Crippen molar-refractivity contribution in [3.8, 4) is 0 Å². The third kappa shape index (κ3) is 22.2. The van der Waals surface area contributed by atoms with Crippen LogP contribution in [0.15, 0.2) is 29.4 Å². The highest BCUT2D eigenvalue weighted by atomic mass is 33.1. The van der Waals surface area contributed by atoms with Gasteiger partial charge in [0.15, 0.2) is 0 Å². The number of rotatable bonds is 34. The summed E-state index contributed by atoms with van der Waals surface area (Å²) in [7, 11) is 4.69. The summed E-state index contributed by atoms with van der Waals surface area (Å²) in [5, 5.41) is 0.879. The Morgan fingerprint density at radius 1 is 0.623 bits per heavy atom. The molecule has 1 aromatic heterocycles. The zero-order valence-corrected chi connectivity index (χ0v) is 34.7. The van der Waals surface area contributed by atoms with Gasteiger partial charge in [0.25, 0.3) is 0 Å². The van der Waals surface area contributed by atoms with Gasteiger partial charge in [-0.05, 0) is 76.3 Å². The van der Waals surface area contributed by atoms with Crippen LogP contribution in [0.25, 0.3) is 0 Å². The number of esters is 3. The van der Waals surface area contributed by atoms with Crippen molar-refractivity contribution in [1.29, 1.82) is 0 Å². The summed E-state index contributed by atoms with van der Waals surface area (Å²) < 4.78 is 49.2. The van der Waals surface area contributed by atoms with Gasteiger partial charge in [-0.1, -0.05) is 37.1 Å². The summed E-state index contributed by atoms with van der Waals surface area (Å²) in [4.78, 5) is 44.6. The van der Waals surface area contributed by atoms with Gasteiger partial charge in [0, 0.05) is 19.1 Å². The largest absolute Gasteiger partial charge is 0.465 e. The summed E-state index contributed by atoms with van der Waals surface area (Å²) in [6.45, 7) is 16.4. The molecule has 53 heavy (non-hydrogen) atoms. The van der Waals surface area contributed by atoms with Crippen molar-refractivity contribution in [1.82, 2.24) is 4.98 Å². The standard InChI is InChI=1S/C38H65NO12S2/c1-8-10-15-49-35(42)38(6,30-36(3,4)33(40)51-28-29-52-53-32-13-11-12-14-39-32)31-37(5,9-2)34(41)50-27-26-48-25-24-47-23-22-46-21-20-45-19-18-44-17-16-43-7/h11-14H,8-10,15-31H2,1-7H3. The van der Waals surface area contributed by atoms with Gasteiger partial charge in [-0.2, -0.15) is 0 Å². The minimum absolute atomic E-state index is 0.0566. The van der Waals surface area contributed by atoms with Crippen LogP contribution in [0.1, 0.15) is 73.6 Å². The highest BCUT2D eigenvalue weighted by molar-refractivity contribution is 8.76. The smallest absolute Gasteiger partial charge is 0.311 e. The number of aromatic nitrogens is 1. The monoisotopic (exact) mass is 791 g/mol. The second-order valence-electron chi connectivity index (χ2n) is 13.6. The van der Waals surface area contributed by atoms with E-state index >= 15 is 0 Å². The highest BCUT2D eigenvalue weighted by Gasteiger charge is 2.49. The molecule has 0 bridgehead atoms. The quantitative estimate of drug-likeness (QED) is 0.0337. The van der Waals surface area contributed by atoms with E-state index in [0.717, 1.165) is 17.9 Å². The van der Waals surface area contributed by atoms with Gasteiger partial charge in [0.05, 0.1) is 95.5 Å². The van der Waals surface area contributed by atoms with Gasteiger partial charge in [-0.3, -0.25) is 14.4 Å². The molecule has 0 radical (unpaired) electrons. The molecule has 0 N–H and O–H groups in total. The Morgan fingerprint density at radius 3 is 1.64 bits per heavy atom. The molecule has 0 saturated carbocycles. The van der Waals surface area contributed by atoms with Crippen molar-refractivity contribution in [2.75, 3.05) is 105 Å². The molecule has 0 amide bonds. The summed E-state index contributed by atoms with van der Waals surface area (Å²) in [6.07, 6.45) is 4.01. The zero-order chi connectivity index (χ0) is 39.3. The fourth-order valence-corrected chi connectivity index (χ4v) is 7.00. The first kappa shape index (κ1) is 49.0. The lowest BCUT2D eigenvalue weighted by atomic mass is 9.65. The Bertz CT molecular complexity index is 1120. The Labute approximate surface area is 325 Å². The Hall–Kier alpha value is -1.98. The van der Waals surface area contributed by atoms with E-state index in [0.29, 0.717) is 78.2 Å². The fraction of sp³-hybridized carbons (Fsp3) is 0.789. The molecule has 0 aliphatic carbocycles. The molecule has 1 heterocycles. The molecule has 0 aliphatic heterocycles. The number of hydrogen-bond donors (Lipinski definition) is 0. The Kier molecular flexibility index (Phi) is 27.1. The van der Waals surface area contributed by atoms with Crippen LogP contribution >= 0.6 is 21.6 Å². The number of nitrogens with zero attached hydrogens (tertiary/aromatic N) is 1. The maximum absolute atomic E-state index is 13.6. The van der Waals surface area contributed by atoms with Gasteiger partial charge in [0.1, 0.15) is 18.2 Å². The number of ether oxygens (including phenoxy) is 9. The molecule has 0 fully saturated rings. The molecule has 306 valence electrons. The molecule has 1 rings (SSSR count). The molecule has 1 aromatic rings. The molecule has 0 spiro atoms. The predicted octanol–water partition coefficient (Wildman–Crippen LogP) is 6.21. The number of carbonyl (C=O) groups excluding carboxylic acids is 3.